The Labute approximate surface area is 160 Å². The zero-order valence-electron chi connectivity index (χ0n) is 15.7. The number of imidazole rings is 1. The summed E-state index contributed by atoms with van der Waals surface area (Å²) in [6, 6.07) is 8.26. The number of hydrogen-bond donors (Lipinski definition) is 2. The van der Waals surface area contributed by atoms with Crippen molar-refractivity contribution in [1.29, 1.82) is 0 Å². The molecule has 26 heavy (non-hydrogen) atoms. The smallest absolute Gasteiger partial charge is 0.300 e. The molecule has 0 fully saturated rings. The molecule has 0 aliphatic rings. The predicted octanol–water partition coefficient (Wildman–Crippen LogP) is 4.72. The fraction of sp³-hybridized carbons (Fsp3) is 0.400. The number of nitrogens with zero attached hydrogens (tertiary/aromatic N) is 3. The SMILES string of the molecule is CCCCCNc1cccc(Nc2cc(Cl)[n+](C)n3ccnc23)c1CC. The second kappa shape index (κ2) is 8.41. The molecule has 0 unspecified atom stereocenters. The largest absolute Gasteiger partial charge is 0.385 e. The van der Waals surface area contributed by atoms with Crippen molar-refractivity contribution in [2.45, 2.75) is 39.5 Å². The Bertz CT molecular complexity index is 887. The van der Waals surface area contributed by atoms with E-state index >= 15 is 0 Å². The number of aryl methyl sites for hydroxylation is 1. The highest BCUT2D eigenvalue weighted by atomic mass is 35.5. The normalized spacial score (nSPS) is 11.1. The molecule has 6 heteroatoms. The van der Waals surface area contributed by atoms with Gasteiger partial charge in [0.1, 0.15) is 0 Å². The highest BCUT2D eigenvalue weighted by Crippen LogP contribution is 2.29. The number of halogens is 1. The van der Waals surface area contributed by atoms with E-state index < -0.39 is 0 Å². The van der Waals surface area contributed by atoms with E-state index in [0.717, 1.165) is 30.0 Å². The molecule has 0 amide bonds. The van der Waals surface area contributed by atoms with Crippen LogP contribution < -0.4 is 15.3 Å². The maximum atomic E-state index is 6.38. The minimum absolute atomic E-state index is 0.643. The van der Waals surface area contributed by atoms with Crippen molar-refractivity contribution in [2.24, 2.45) is 7.05 Å². The van der Waals surface area contributed by atoms with E-state index in [0.29, 0.717) is 5.15 Å². The molecule has 0 atom stereocenters. The van der Waals surface area contributed by atoms with Crippen molar-refractivity contribution in [2.75, 3.05) is 17.2 Å². The van der Waals surface area contributed by atoms with Crippen molar-refractivity contribution >= 4 is 34.3 Å². The minimum Gasteiger partial charge on any atom is -0.385 e. The number of fused-ring (bicyclic) bond motifs is 1. The highest BCUT2D eigenvalue weighted by Gasteiger charge is 2.16. The number of benzene rings is 1. The van der Waals surface area contributed by atoms with Crippen molar-refractivity contribution in [3.8, 4) is 0 Å². The number of unbranched alkanes of at least 4 members (excludes halogenated alkanes) is 2. The molecule has 138 valence electrons. The van der Waals surface area contributed by atoms with Crippen molar-refractivity contribution in [3.05, 3.63) is 47.4 Å². The molecule has 0 saturated carbocycles. The number of aromatic nitrogens is 3. The number of hydrogen-bond acceptors (Lipinski definition) is 3. The van der Waals surface area contributed by atoms with Gasteiger partial charge in [0.2, 0.25) is 5.65 Å². The molecule has 2 heterocycles. The summed E-state index contributed by atoms with van der Waals surface area (Å²) >= 11 is 6.38. The third kappa shape index (κ3) is 3.78. The number of nitrogens with one attached hydrogen (secondary N) is 2. The standard InChI is InChI=1S/C20H26ClN5/c1-4-6-7-11-22-16-9-8-10-17(15(16)5-2)24-18-14-19(21)25(3)26-13-12-23-20(18)26/h8-10,12-14,22H,4-7,11H2,1-3H3/p+1. The van der Waals surface area contributed by atoms with Gasteiger partial charge in [0.05, 0.1) is 24.1 Å². The molecule has 3 aromatic rings. The van der Waals surface area contributed by atoms with Crippen LogP contribution in [0.5, 0.6) is 0 Å². The summed E-state index contributed by atoms with van der Waals surface area (Å²) in [6.07, 6.45) is 8.30. The topological polar surface area (TPSA) is 45.2 Å². The third-order valence-corrected chi connectivity index (χ3v) is 5.01. The molecule has 0 spiro atoms. The Morgan fingerprint density at radius 3 is 2.73 bits per heavy atom. The van der Waals surface area contributed by atoms with E-state index in [1.165, 1.54) is 30.5 Å². The van der Waals surface area contributed by atoms with Gasteiger partial charge in [0.25, 0.3) is 0 Å². The van der Waals surface area contributed by atoms with Gasteiger partial charge in [0.15, 0.2) is 7.05 Å². The lowest BCUT2D eigenvalue weighted by molar-refractivity contribution is -0.738. The van der Waals surface area contributed by atoms with Crippen LogP contribution in [0.15, 0.2) is 36.7 Å². The van der Waals surface area contributed by atoms with E-state index in [9.17, 15) is 0 Å². The molecule has 0 radical (unpaired) electrons. The van der Waals surface area contributed by atoms with Crippen LogP contribution in [-0.2, 0) is 13.5 Å². The van der Waals surface area contributed by atoms with E-state index in [2.05, 4.69) is 47.7 Å². The van der Waals surface area contributed by atoms with Gasteiger partial charge >= 0.3 is 5.15 Å². The average Bonchev–Trinajstić information content (AvgIpc) is 3.13. The lowest BCUT2D eigenvalue weighted by atomic mass is 10.1. The molecule has 5 nitrogen and oxygen atoms in total. The Hall–Kier alpha value is -2.27. The van der Waals surface area contributed by atoms with Crippen molar-refractivity contribution < 1.29 is 4.68 Å². The molecule has 3 rings (SSSR count). The van der Waals surface area contributed by atoms with Gasteiger partial charge in [-0.15, -0.1) is 4.52 Å². The third-order valence-electron chi connectivity index (χ3n) is 4.65. The molecule has 0 bridgehead atoms. The van der Waals surface area contributed by atoms with Gasteiger partial charge in [-0.3, -0.25) is 0 Å². The van der Waals surface area contributed by atoms with Gasteiger partial charge in [-0.2, -0.15) is 0 Å². The average molecular weight is 373 g/mol. The minimum atomic E-state index is 0.643. The summed E-state index contributed by atoms with van der Waals surface area (Å²) in [5.74, 6) is 0. The second-order valence-electron chi connectivity index (χ2n) is 6.44. The monoisotopic (exact) mass is 372 g/mol. The van der Waals surface area contributed by atoms with E-state index in [-0.39, 0.29) is 0 Å². The summed E-state index contributed by atoms with van der Waals surface area (Å²) in [7, 11) is 1.92. The fourth-order valence-corrected chi connectivity index (χ4v) is 3.39. The first-order valence-electron chi connectivity index (χ1n) is 9.30. The molecule has 0 aliphatic heterocycles. The molecule has 0 saturated heterocycles. The fourth-order valence-electron chi connectivity index (χ4n) is 3.20. The van der Waals surface area contributed by atoms with Crippen molar-refractivity contribution in [1.82, 2.24) is 9.50 Å². The summed E-state index contributed by atoms with van der Waals surface area (Å²) < 4.78 is 3.80. The van der Waals surface area contributed by atoms with Crippen LogP contribution in [0.1, 0.15) is 38.7 Å². The summed E-state index contributed by atoms with van der Waals surface area (Å²) in [6.45, 7) is 5.41. The van der Waals surface area contributed by atoms with Gasteiger partial charge < -0.3 is 10.6 Å². The van der Waals surface area contributed by atoms with Gasteiger partial charge in [0, 0.05) is 17.9 Å². The molecular weight excluding hydrogens is 346 g/mol. The first kappa shape index (κ1) is 18.5. The summed E-state index contributed by atoms with van der Waals surface area (Å²) in [5, 5.41) is 7.77. The lowest BCUT2D eigenvalue weighted by Crippen LogP contribution is -2.38. The predicted molar refractivity (Wildman–Crippen MR) is 108 cm³/mol. The Kier molecular flexibility index (Phi) is 5.99. The second-order valence-corrected chi connectivity index (χ2v) is 6.83. The van der Waals surface area contributed by atoms with E-state index in [1.54, 1.807) is 6.20 Å². The van der Waals surface area contributed by atoms with Crippen LogP contribution in [0.3, 0.4) is 0 Å². The van der Waals surface area contributed by atoms with E-state index in [4.69, 9.17) is 11.6 Å². The van der Waals surface area contributed by atoms with Gasteiger partial charge in [-0.05, 0) is 42.1 Å². The molecule has 2 aromatic heterocycles. The Balaban J connectivity index is 1.91. The van der Waals surface area contributed by atoms with Gasteiger partial charge in [-0.25, -0.2) is 4.98 Å². The first-order valence-corrected chi connectivity index (χ1v) is 9.68. The highest BCUT2D eigenvalue weighted by molar-refractivity contribution is 6.28. The van der Waals surface area contributed by atoms with E-state index in [1.807, 2.05) is 28.5 Å². The molecular formula is C20H27ClN5+. The van der Waals surface area contributed by atoms with Crippen LogP contribution in [-0.4, -0.2) is 16.0 Å². The van der Waals surface area contributed by atoms with Crippen molar-refractivity contribution in [3.63, 3.8) is 0 Å². The van der Waals surface area contributed by atoms with Crippen LogP contribution in [0.2, 0.25) is 5.15 Å². The summed E-state index contributed by atoms with van der Waals surface area (Å²) in [4.78, 5) is 4.47. The quantitative estimate of drug-likeness (QED) is 0.444. The van der Waals surface area contributed by atoms with Gasteiger partial charge in [-0.1, -0.05) is 37.4 Å². The van der Waals surface area contributed by atoms with Crippen LogP contribution in [0.4, 0.5) is 17.1 Å². The summed E-state index contributed by atoms with van der Waals surface area (Å²) in [5.41, 5.74) is 5.30. The maximum absolute atomic E-state index is 6.38. The maximum Gasteiger partial charge on any atom is 0.300 e. The zero-order chi connectivity index (χ0) is 18.5. The molecule has 1 aromatic carbocycles. The first-order chi connectivity index (χ1) is 12.7. The van der Waals surface area contributed by atoms with Crippen LogP contribution >= 0.6 is 11.6 Å². The number of rotatable bonds is 8. The van der Waals surface area contributed by atoms with Crippen LogP contribution in [0, 0.1) is 0 Å². The molecule has 2 N–H and O–H groups in total. The Morgan fingerprint density at radius 1 is 1.15 bits per heavy atom. The Morgan fingerprint density at radius 2 is 1.96 bits per heavy atom. The zero-order valence-corrected chi connectivity index (χ0v) is 16.5. The number of anilines is 3. The molecule has 0 aliphatic carbocycles. The lowest BCUT2D eigenvalue weighted by Gasteiger charge is -2.17. The van der Waals surface area contributed by atoms with Crippen LogP contribution in [0.25, 0.3) is 5.65 Å².